The highest BCUT2D eigenvalue weighted by molar-refractivity contribution is 5.20. The highest BCUT2D eigenvalue weighted by Gasteiger charge is 2.15. The van der Waals surface area contributed by atoms with Gasteiger partial charge in [-0.3, -0.25) is 0 Å². The third kappa shape index (κ3) is 3.83. The molecule has 0 spiro atoms. The van der Waals surface area contributed by atoms with Crippen LogP contribution < -0.4 is 5.32 Å². The summed E-state index contributed by atoms with van der Waals surface area (Å²) in [5.41, 5.74) is 1.22. The van der Waals surface area contributed by atoms with Crippen LogP contribution in [0.3, 0.4) is 0 Å². The first kappa shape index (κ1) is 13.6. The molecule has 0 atom stereocenters. The second-order valence-corrected chi connectivity index (χ2v) is 4.70. The van der Waals surface area contributed by atoms with Crippen LogP contribution in [0.5, 0.6) is 0 Å². The molecule has 1 aliphatic heterocycles. The summed E-state index contributed by atoms with van der Waals surface area (Å²) in [6, 6.07) is 2.09. The summed E-state index contributed by atoms with van der Waals surface area (Å²) in [6.07, 6.45) is 2.30. The van der Waals surface area contributed by atoms with Gasteiger partial charge in [0.15, 0.2) is 0 Å². The van der Waals surface area contributed by atoms with Crippen molar-refractivity contribution >= 4 is 0 Å². The van der Waals surface area contributed by atoms with Gasteiger partial charge in [-0.1, -0.05) is 6.92 Å². The van der Waals surface area contributed by atoms with Crippen molar-refractivity contribution < 1.29 is 13.9 Å². The van der Waals surface area contributed by atoms with Crippen molar-refractivity contribution in [2.75, 3.05) is 19.8 Å². The molecular weight excluding hydrogens is 230 g/mol. The fourth-order valence-electron chi connectivity index (χ4n) is 2.14. The van der Waals surface area contributed by atoms with Crippen LogP contribution >= 0.6 is 0 Å². The van der Waals surface area contributed by atoms with E-state index in [2.05, 4.69) is 18.3 Å². The Morgan fingerprint density at radius 3 is 2.89 bits per heavy atom. The van der Waals surface area contributed by atoms with Crippen LogP contribution in [-0.4, -0.2) is 25.9 Å². The fourth-order valence-corrected chi connectivity index (χ4v) is 2.14. The van der Waals surface area contributed by atoms with Gasteiger partial charge in [0.25, 0.3) is 0 Å². The van der Waals surface area contributed by atoms with E-state index in [9.17, 15) is 0 Å². The van der Waals surface area contributed by atoms with Gasteiger partial charge in [0.1, 0.15) is 18.1 Å². The van der Waals surface area contributed by atoms with Crippen LogP contribution in [0.1, 0.15) is 36.8 Å². The van der Waals surface area contributed by atoms with Gasteiger partial charge in [-0.05, 0) is 32.4 Å². The lowest BCUT2D eigenvalue weighted by molar-refractivity contribution is -0.0435. The van der Waals surface area contributed by atoms with E-state index in [4.69, 9.17) is 13.9 Å². The van der Waals surface area contributed by atoms with E-state index in [0.29, 0.717) is 12.7 Å². The van der Waals surface area contributed by atoms with Gasteiger partial charge in [-0.15, -0.1) is 0 Å². The maximum absolute atomic E-state index is 5.85. The lowest BCUT2D eigenvalue weighted by Gasteiger charge is -2.21. The van der Waals surface area contributed by atoms with E-state index < -0.39 is 0 Å². The second kappa shape index (κ2) is 6.92. The van der Waals surface area contributed by atoms with Crippen LogP contribution in [0, 0.1) is 6.92 Å². The monoisotopic (exact) mass is 253 g/mol. The molecule has 1 fully saturated rings. The predicted molar refractivity (Wildman–Crippen MR) is 69.5 cm³/mol. The molecule has 1 N–H and O–H groups in total. The summed E-state index contributed by atoms with van der Waals surface area (Å²) < 4.78 is 16.9. The number of rotatable bonds is 6. The van der Waals surface area contributed by atoms with E-state index >= 15 is 0 Å². The van der Waals surface area contributed by atoms with E-state index in [1.54, 1.807) is 0 Å². The molecule has 0 bridgehead atoms. The number of furan rings is 1. The van der Waals surface area contributed by atoms with E-state index in [-0.39, 0.29) is 0 Å². The highest BCUT2D eigenvalue weighted by Crippen LogP contribution is 2.18. The Labute approximate surface area is 109 Å². The Hall–Kier alpha value is -0.840. The van der Waals surface area contributed by atoms with Crippen LogP contribution in [0.15, 0.2) is 10.5 Å². The number of aryl methyl sites for hydroxylation is 1. The molecule has 0 saturated carbocycles. The topological polar surface area (TPSA) is 43.6 Å². The van der Waals surface area contributed by atoms with Crippen molar-refractivity contribution in [3.63, 3.8) is 0 Å². The van der Waals surface area contributed by atoms with Crippen molar-refractivity contribution in [2.24, 2.45) is 0 Å². The zero-order valence-corrected chi connectivity index (χ0v) is 11.3. The zero-order valence-electron chi connectivity index (χ0n) is 11.3. The average Bonchev–Trinajstić information content (AvgIpc) is 2.76. The van der Waals surface area contributed by atoms with Crippen molar-refractivity contribution in [1.29, 1.82) is 0 Å². The van der Waals surface area contributed by atoms with E-state index in [0.717, 1.165) is 50.7 Å². The predicted octanol–water partition coefficient (Wildman–Crippen LogP) is 2.39. The standard InChI is InChI=1S/C14H23NO3/c1-3-15-9-12-8-14(18-11(12)2)10-17-13-4-6-16-7-5-13/h8,13,15H,3-7,9-10H2,1-2H3. The first-order valence-corrected chi connectivity index (χ1v) is 6.78. The minimum atomic E-state index is 0.321. The minimum absolute atomic E-state index is 0.321. The summed E-state index contributed by atoms with van der Waals surface area (Å²) in [7, 11) is 0. The molecule has 0 amide bonds. The van der Waals surface area contributed by atoms with Gasteiger partial charge in [-0.2, -0.15) is 0 Å². The highest BCUT2D eigenvalue weighted by atomic mass is 16.5. The maximum atomic E-state index is 5.85. The van der Waals surface area contributed by atoms with Gasteiger partial charge in [0.05, 0.1) is 6.10 Å². The molecule has 1 saturated heterocycles. The maximum Gasteiger partial charge on any atom is 0.130 e. The molecule has 1 aromatic rings. The van der Waals surface area contributed by atoms with Crippen LogP contribution in [-0.2, 0) is 22.6 Å². The molecule has 2 rings (SSSR count). The molecule has 4 heteroatoms. The third-order valence-corrected chi connectivity index (χ3v) is 3.27. The Morgan fingerprint density at radius 2 is 2.17 bits per heavy atom. The first-order chi connectivity index (χ1) is 8.79. The van der Waals surface area contributed by atoms with Gasteiger partial charge in [0, 0.05) is 25.3 Å². The SMILES string of the molecule is CCNCc1cc(COC2CCOCC2)oc1C. The molecule has 18 heavy (non-hydrogen) atoms. The Bertz CT molecular complexity index is 356. The van der Waals surface area contributed by atoms with Gasteiger partial charge >= 0.3 is 0 Å². The van der Waals surface area contributed by atoms with Crippen LogP contribution in [0.25, 0.3) is 0 Å². The lowest BCUT2D eigenvalue weighted by Crippen LogP contribution is -2.23. The first-order valence-electron chi connectivity index (χ1n) is 6.78. The zero-order chi connectivity index (χ0) is 12.8. The molecule has 0 aliphatic carbocycles. The molecular formula is C14H23NO3. The van der Waals surface area contributed by atoms with Crippen molar-refractivity contribution in [1.82, 2.24) is 5.32 Å². The van der Waals surface area contributed by atoms with Crippen molar-refractivity contribution in [3.8, 4) is 0 Å². The Kier molecular flexibility index (Phi) is 5.23. The van der Waals surface area contributed by atoms with E-state index in [1.807, 2.05) is 6.92 Å². The smallest absolute Gasteiger partial charge is 0.130 e. The van der Waals surface area contributed by atoms with Crippen molar-refractivity contribution in [3.05, 3.63) is 23.2 Å². The molecule has 1 aliphatic rings. The molecule has 0 unspecified atom stereocenters. The normalized spacial score (nSPS) is 17.2. The fraction of sp³-hybridized carbons (Fsp3) is 0.714. The summed E-state index contributed by atoms with van der Waals surface area (Å²) in [5.74, 6) is 1.91. The van der Waals surface area contributed by atoms with Gasteiger partial charge in [-0.25, -0.2) is 0 Å². The Morgan fingerprint density at radius 1 is 1.39 bits per heavy atom. The largest absolute Gasteiger partial charge is 0.464 e. The number of nitrogens with one attached hydrogen (secondary N) is 1. The quantitative estimate of drug-likeness (QED) is 0.845. The van der Waals surface area contributed by atoms with Gasteiger partial charge in [0.2, 0.25) is 0 Å². The number of hydrogen-bond acceptors (Lipinski definition) is 4. The molecule has 0 radical (unpaired) electrons. The third-order valence-electron chi connectivity index (χ3n) is 3.27. The molecule has 1 aromatic heterocycles. The minimum Gasteiger partial charge on any atom is -0.464 e. The van der Waals surface area contributed by atoms with Crippen molar-refractivity contribution in [2.45, 2.75) is 45.9 Å². The van der Waals surface area contributed by atoms with Crippen LogP contribution in [0.2, 0.25) is 0 Å². The number of hydrogen-bond donors (Lipinski definition) is 1. The van der Waals surface area contributed by atoms with Gasteiger partial charge < -0.3 is 19.2 Å². The summed E-state index contributed by atoms with van der Waals surface area (Å²) in [4.78, 5) is 0. The molecule has 4 nitrogen and oxygen atoms in total. The van der Waals surface area contributed by atoms with Crippen LogP contribution in [0.4, 0.5) is 0 Å². The average molecular weight is 253 g/mol. The summed E-state index contributed by atoms with van der Waals surface area (Å²) in [6.45, 7) is 8.13. The lowest BCUT2D eigenvalue weighted by atomic mass is 10.1. The van der Waals surface area contributed by atoms with E-state index in [1.165, 1.54) is 5.56 Å². The second-order valence-electron chi connectivity index (χ2n) is 4.70. The number of ether oxygens (including phenoxy) is 2. The summed E-state index contributed by atoms with van der Waals surface area (Å²) in [5, 5.41) is 3.31. The Balaban J connectivity index is 1.81. The molecule has 0 aromatic carbocycles. The molecule has 2 heterocycles. The molecule has 102 valence electrons. The summed E-state index contributed by atoms with van der Waals surface area (Å²) >= 11 is 0.